The van der Waals surface area contributed by atoms with Crippen molar-refractivity contribution in [3.8, 4) is 0 Å². The zero-order valence-corrected chi connectivity index (χ0v) is 6.95. The van der Waals surface area contributed by atoms with Gasteiger partial charge in [-0.15, -0.1) is 0 Å². The van der Waals surface area contributed by atoms with Crippen molar-refractivity contribution in [3.05, 3.63) is 0 Å². The van der Waals surface area contributed by atoms with Gasteiger partial charge >= 0.3 is 0 Å². The summed E-state index contributed by atoms with van der Waals surface area (Å²) in [4.78, 5) is 2.37. The summed E-state index contributed by atoms with van der Waals surface area (Å²) in [6, 6.07) is 0.651. The lowest BCUT2D eigenvalue weighted by molar-refractivity contribution is 0.112. The molecule has 3 unspecified atom stereocenters. The maximum atomic E-state index is 9.40. The fourth-order valence-corrected chi connectivity index (χ4v) is 2.15. The molecule has 11 heavy (non-hydrogen) atoms. The van der Waals surface area contributed by atoms with Crippen molar-refractivity contribution in [2.24, 2.45) is 0 Å². The Hall–Kier alpha value is -0.120. The fourth-order valence-electron chi connectivity index (χ4n) is 2.15. The smallest absolute Gasteiger partial charge is 0.0695 e. The molecule has 0 aromatic heterocycles. The van der Waals surface area contributed by atoms with E-state index in [1.165, 1.54) is 6.42 Å². The number of nitrogens with zero attached hydrogens (tertiary/aromatic N) is 1. The molecule has 2 saturated heterocycles. The predicted molar refractivity (Wildman–Crippen MR) is 43.2 cm³/mol. The molecule has 0 radical (unpaired) electrons. The highest BCUT2D eigenvalue weighted by Crippen LogP contribution is 2.22. The molecule has 2 rings (SSSR count). The first-order valence-corrected chi connectivity index (χ1v) is 4.44. The van der Waals surface area contributed by atoms with E-state index < -0.39 is 0 Å². The van der Waals surface area contributed by atoms with Gasteiger partial charge in [-0.05, 0) is 19.9 Å². The first-order chi connectivity index (χ1) is 5.27. The highest BCUT2D eigenvalue weighted by Gasteiger charge is 2.35. The van der Waals surface area contributed by atoms with Crippen LogP contribution in [0, 0.1) is 0 Å². The van der Waals surface area contributed by atoms with Gasteiger partial charge < -0.3 is 10.4 Å². The normalized spacial score (nSPS) is 45.8. The van der Waals surface area contributed by atoms with Crippen LogP contribution in [0.25, 0.3) is 0 Å². The minimum Gasteiger partial charge on any atom is -0.392 e. The van der Waals surface area contributed by atoms with Crippen molar-refractivity contribution in [3.63, 3.8) is 0 Å². The zero-order valence-electron chi connectivity index (χ0n) is 6.95. The Balaban J connectivity index is 2.03. The van der Waals surface area contributed by atoms with Crippen LogP contribution in [0.5, 0.6) is 0 Å². The first kappa shape index (κ1) is 7.53. The molecule has 2 fully saturated rings. The Morgan fingerprint density at radius 2 is 2.36 bits per heavy atom. The third-order valence-electron chi connectivity index (χ3n) is 2.83. The summed E-state index contributed by atoms with van der Waals surface area (Å²) >= 11 is 0. The van der Waals surface area contributed by atoms with Crippen LogP contribution in [-0.4, -0.2) is 41.4 Å². The minimum absolute atomic E-state index is 0.104. The largest absolute Gasteiger partial charge is 0.392 e. The molecular weight excluding hydrogens is 140 g/mol. The van der Waals surface area contributed by atoms with Crippen LogP contribution in [0.2, 0.25) is 0 Å². The third kappa shape index (κ3) is 1.28. The van der Waals surface area contributed by atoms with Crippen molar-refractivity contribution in [1.82, 2.24) is 10.2 Å². The van der Waals surface area contributed by atoms with Gasteiger partial charge in [-0.3, -0.25) is 4.90 Å². The van der Waals surface area contributed by atoms with Gasteiger partial charge in [0.2, 0.25) is 0 Å². The molecule has 0 saturated carbocycles. The van der Waals surface area contributed by atoms with E-state index in [2.05, 4.69) is 17.1 Å². The molecule has 3 atom stereocenters. The number of fused-ring (bicyclic) bond motifs is 1. The summed E-state index contributed by atoms with van der Waals surface area (Å²) in [5.41, 5.74) is 0. The van der Waals surface area contributed by atoms with Crippen LogP contribution in [0.3, 0.4) is 0 Å². The van der Waals surface area contributed by atoms with Crippen LogP contribution in [0.1, 0.15) is 19.8 Å². The standard InChI is InChI=1S/C8H16N2O/c1-6-2-3-9-8-4-7(11)5-10(6)8/h6-9,11H,2-5H2,1H3. The van der Waals surface area contributed by atoms with Crippen LogP contribution in [0.15, 0.2) is 0 Å². The Labute approximate surface area is 67.4 Å². The van der Waals surface area contributed by atoms with Gasteiger partial charge in [0, 0.05) is 19.0 Å². The first-order valence-electron chi connectivity index (χ1n) is 4.44. The average Bonchev–Trinajstić information content (AvgIpc) is 2.31. The SMILES string of the molecule is CC1CCNC2CC(O)CN12. The van der Waals surface area contributed by atoms with Gasteiger partial charge in [-0.2, -0.15) is 0 Å². The van der Waals surface area contributed by atoms with Gasteiger partial charge in [-0.1, -0.05) is 0 Å². The summed E-state index contributed by atoms with van der Waals surface area (Å²) in [5.74, 6) is 0. The van der Waals surface area contributed by atoms with Gasteiger partial charge in [0.15, 0.2) is 0 Å². The van der Waals surface area contributed by atoms with E-state index in [1.54, 1.807) is 0 Å². The molecule has 2 aliphatic rings. The molecule has 3 heteroatoms. The number of aliphatic hydroxyl groups is 1. The van der Waals surface area contributed by atoms with Crippen molar-refractivity contribution in [1.29, 1.82) is 0 Å². The molecule has 3 nitrogen and oxygen atoms in total. The maximum absolute atomic E-state index is 9.40. The lowest BCUT2D eigenvalue weighted by atomic mass is 10.1. The topological polar surface area (TPSA) is 35.5 Å². The van der Waals surface area contributed by atoms with E-state index >= 15 is 0 Å². The third-order valence-corrected chi connectivity index (χ3v) is 2.83. The number of aliphatic hydroxyl groups excluding tert-OH is 1. The van der Waals surface area contributed by atoms with Crippen LogP contribution >= 0.6 is 0 Å². The minimum atomic E-state index is -0.104. The van der Waals surface area contributed by atoms with Crippen LogP contribution in [0.4, 0.5) is 0 Å². The zero-order chi connectivity index (χ0) is 7.84. The maximum Gasteiger partial charge on any atom is 0.0695 e. The summed E-state index contributed by atoms with van der Waals surface area (Å²) in [6.07, 6.45) is 2.47. The number of nitrogens with one attached hydrogen (secondary N) is 1. The second-order valence-corrected chi connectivity index (χ2v) is 3.69. The van der Waals surface area contributed by atoms with E-state index in [0.29, 0.717) is 12.2 Å². The van der Waals surface area contributed by atoms with E-state index in [9.17, 15) is 5.11 Å². The molecule has 64 valence electrons. The molecule has 0 aromatic rings. The highest BCUT2D eigenvalue weighted by molar-refractivity contribution is 4.90. The number of hydrogen-bond donors (Lipinski definition) is 2. The van der Waals surface area contributed by atoms with Gasteiger partial charge in [0.25, 0.3) is 0 Å². The molecule has 2 heterocycles. The number of rotatable bonds is 0. The van der Waals surface area contributed by atoms with Gasteiger partial charge in [-0.25, -0.2) is 0 Å². The molecule has 0 spiro atoms. The molecule has 2 aliphatic heterocycles. The summed E-state index contributed by atoms with van der Waals surface area (Å²) in [7, 11) is 0. The average molecular weight is 156 g/mol. The Morgan fingerprint density at radius 1 is 1.55 bits per heavy atom. The Morgan fingerprint density at radius 3 is 3.09 bits per heavy atom. The summed E-state index contributed by atoms with van der Waals surface area (Å²) < 4.78 is 0. The second kappa shape index (κ2) is 2.73. The highest BCUT2D eigenvalue weighted by atomic mass is 16.3. The van der Waals surface area contributed by atoms with E-state index in [0.717, 1.165) is 19.5 Å². The fraction of sp³-hybridized carbons (Fsp3) is 1.00. The molecule has 0 aromatic carbocycles. The van der Waals surface area contributed by atoms with Gasteiger partial charge in [0.1, 0.15) is 0 Å². The quantitative estimate of drug-likeness (QED) is 0.508. The van der Waals surface area contributed by atoms with Crippen molar-refractivity contribution >= 4 is 0 Å². The summed E-state index contributed by atoms with van der Waals surface area (Å²) in [6.45, 7) is 4.21. The van der Waals surface area contributed by atoms with Gasteiger partial charge in [0.05, 0.1) is 12.3 Å². The monoisotopic (exact) mass is 156 g/mol. The second-order valence-electron chi connectivity index (χ2n) is 3.69. The molecule has 0 bridgehead atoms. The molecular formula is C8H16N2O. The van der Waals surface area contributed by atoms with Crippen LogP contribution < -0.4 is 5.32 Å². The van der Waals surface area contributed by atoms with Crippen molar-refractivity contribution < 1.29 is 5.11 Å². The lowest BCUT2D eigenvalue weighted by Crippen LogP contribution is -2.51. The molecule has 2 N–H and O–H groups in total. The number of hydrogen-bond acceptors (Lipinski definition) is 3. The van der Waals surface area contributed by atoms with Crippen molar-refractivity contribution in [2.75, 3.05) is 13.1 Å². The molecule has 0 amide bonds. The van der Waals surface area contributed by atoms with Crippen molar-refractivity contribution in [2.45, 2.75) is 38.1 Å². The van der Waals surface area contributed by atoms with Crippen LogP contribution in [-0.2, 0) is 0 Å². The Bertz CT molecular complexity index is 151. The molecule has 0 aliphatic carbocycles. The van der Waals surface area contributed by atoms with E-state index in [4.69, 9.17) is 0 Å². The predicted octanol–water partition coefficient (Wildman–Crippen LogP) is -0.239. The van der Waals surface area contributed by atoms with E-state index in [-0.39, 0.29) is 6.10 Å². The lowest BCUT2D eigenvalue weighted by Gasteiger charge is -2.35. The Kier molecular flexibility index (Phi) is 1.87. The summed E-state index contributed by atoms with van der Waals surface area (Å²) in [5, 5.41) is 12.8. The van der Waals surface area contributed by atoms with E-state index in [1.807, 2.05) is 0 Å².